The van der Waals surface area contributed by atoms with Crippen molar-refractivity contribution in [1.29, 1.82) is 0 Å². The van der Waals surface area contributed by atoms with Crippen molar-refractivity contribution in [2.75, 3.05) is 25.0 Å². The summed E-state index contributed by atoms with van der Waals surface area (Å²) in [5, 5.41) is 4.08. The maximum atomic E-state index is 6.10. The Morgan fingerprint density at radius 2 is 1.80 bits per heavy atom. The van der Waals surface area contributed by atoms with E-state index >= 15 is 0 Å². The van der Waals surface area contributed by atoms with E-state index in [1.165, 1.54) is 0 Å². The molecule has 1 fully saturated rings. The van der Waals surface area contributed by atoms with Crippen molar-refractivity contribution in [1.82, 2.24) is 24.8 Å². The number of benzene rings is 1. The Morgan fingerprint density at radius 1 is 1.00 bits per heavy atom. The molecule has 6 nitrogen and oxygen atoms in total. The van der Waals surface area contributed by atoms with Crippen LogP contribution in [0.25, 0.3) is 28.1 Å². The van der Waals surface area contributed by atoms with Crippen molar-refractivity contribution in [3.63, 3.8) is 0 Å². The highest BCUT2D eigenvalue weighted by molar-refractivity contribution is 6.30. The van der Waals surface area contributed by atoms with E-state index in [-0.39, 0.29) is 0 Å². The van der Waals surface area contributed by atoms with Crippen LogP contribution in [0.1, 0.15) is 12.8 Å². The number of hydrogen-bond acceptors (Lipinski definition) is 5. The van der Waals surface area contributed by atoms with E-state index < -0.39 is 0 Å². The molecule has 0 bridgehead atoms. The van der Waals surface area contributed by atoms with Crippen LogP contribution in [0.2, 0.25) is 5.02 Å². The Kier molecular flexibility index (Phi) is 5.11. The molecule has 152 valence electrons. The molecule has 1 aromatic carbocycles. The summed E-state index contributed by atoms with van der Waals surface area (Å²) < 4.78 is 2.10. The summed E-state index contributed by atoms with van der Waals surface area (Å²) in [7, 11) is 2.04. The van der Waals surface area contributed by atoms with Gasteiger partial charge in [0.25, 0.3) is 0 Å². The smallest absolute Gasteiger partial charge is 0.147 e. The van der Waals surface area contributed by atoms with Crippen LogP contribution in [0.15, 0.2) is 61.1 Å². The van der Waals surface area contributed by atoms with E-state index in [2.05, 4.69) is 31.9 Å². The number of fused-ring (bicyclic) bond motifs is 1. The molecule has 0 atom stereocenters. The highest BCUT2D eigenvalue weighted by Gasteiger charge is 2.20. The third-order valence-electron chi connectivity index (χ3n) is 5.77. The molecule has 0 radical (unpaired) electrons. The van der Waals surface area contributed by atoms with Crippen LogP contribution in [0.5, 0.6) is 0 Å². The molecule has 30 heavy (non-hydrogen) atoms. The van der Waals surface area contributed by atoms with Crippen LogP contribution < -0.4 is 10.2 Å². The van der Waals surface area contributed by atoms with Crippen LogP contribution >= 0.6 is 11.6 Å². The maximum absolute atomic E-state index is 6.10. The number of aromatic nitrogens is 4. The minimum atomic E-state index is 0.605. The maximum Gasteiger partial charge on any atom is 0.147 e. The SMILES string of the molecule is CNC1CCN(c2ccc(-c3nc4ccncc4n3-c3ccc(Cl)cc3)cn2)CC1. The van der Waals surface area contributed by atoms with Gasteiger partial charge in [-0.25, -0.2) is 9.97 Å². The fraction of sp³-hybridized carbons (Fsp3) is 0.261. The van der Waals surface area contributed by atoms with Crippen LogP contribution in [0.3, 0.4) is 0 Å². The summed E-state index contributed by atoms with van der Waals surface area (Å²) in [6.45, 7) is 2.04. The van der Waals surface area contributed by atoms with Gasteiger partial charge in [-0.3, -0.25) is 9.55 Å². The Hall–Kier alpha value is -2.96. The normalized spacial score (nSPS) is 15.1. The van der Waals surface area contributed by atoms with Crippen molar-refractivity contribution >= 4 is 28.5 Å². The molecule has 1 aliphatic heterocycles. The molecule has 5 rings (SSSR count). The number of pyridine rings is 2. The number of nitrogens with zero attached hydrogens (tertiary/aromatic N) is 5. The van der Waals surface area contributed by atoms with Gasteiger partial charge < -0.3 is 10.2 Å². The molecule has 4 heterocycles. The van der Waals surface area contributed by atoms with Gasteiger partial charge in [-0.1, -0.05) is 11.6 Å². The number of imidazole rings is 1. The summed E-state index contributed by atoms with van der Waals surface area (Å²) >= 11 is 6.10. The fourth-order valence-corrected chi connectivity index (χ4v) is 4.20. The first-order valence-electron chi connectivity index (χ1n) is 10.2. The minimum absolute atomic E-state index is 0.605. The number of nitrogens with one attached hydrogen (secondary N) is 1. The Bertz CT molecular complexity index is 1140. The zero-order chi connectivity index (χ0) is 20.5. The van der Waals surface area contributed by atoms with Gasteiger partial charge in [-0.05, 0) is 62.4 Å². The largest absolute Gasteiger partial charge is 0.357 e. The van der Waals surface area contributed by atoms with Gasteiger partial charge in [0.15, 0.2) is 0 Å². The average Bonchev–Trinajstić information content (AvgIpc) is 3.19. The molecular formula is C23H23ClN6. The number of hydrogen-bond donors (Lipinski definition) is 1. The van der Waals surface area contributed by atoms with Gasteiger partial charge in [0.2, 0.25) is 0 Å². The first kappa shape index (κ1) is 19.0. The third-order valence-corrected chi connectivity index (χ3v) is 6.03. The standard InChI is InChI=1S/C23H23ClN6/c1-25-18-9-12-29(13-10-18)22-7-2-16(14-27-22)23-28-20-8-11-26-15-21(20)30(23)19-5-3-17(24)4-6-19/h2-8,11,14-15,18,25H,9-10,12-13H2,1H3. The summed E-state index contributed by atoms with van der Waals surface area (Å²) in [5.74, 6) is 1.86. The predicted molar refractivity (Wildman–Crippen MR) is 121 cm³/mol. The molecule has 0 aliphatic carbocycles. The monoisotopic (exact) mass is 418 g/mol. The van der Waals surface area contributed by atoms with Gasteiger partial charge in [0, 0.05) is 47.8 Å². The Balaban J connectivity index is 1.52. The fourth-order valence-electron chi connectivity index (χ4n) is 4.07. The molecule has 0 spiro atoms. The lowest BCUT2D eigenvalue weighted by molar-refractivity contribution is 0.441. The zero-order valence-corrected chi connectivity index (χ0v) is 17.5. The molecule has 0 saturated carbocycles. The molecular weight excluding hydrogens is 396 g/mol. The number of halogens is 1. The first-order valence-corrected chi connectivity index (χ1v) is 10.6. The summed E-state index contributed by atoms with van der Waals surface area (Å²) in [5.41, 5.74) is 3.80. The predicted octanol–water partition coefficient (Wildman–Crippen LogP) is 4.32. The summed E-state index contributed by atoms with van der Waals surface area (Å²) in [6.07, 6.45) is 7.80. The van der Waals surface area contributed by atoms with Gasteiger partial charge in [-0.2, -0.15) is 0 Å². The van der Waals surface area contributed by atoms with Gasteiger partial charge >= 0.3 is 0 Å². The van der Waals surface area contributed by atoms with Crippen molar-refractivity contribution in [3.05, 3.63) is 66.1 Å². The molecule has 1 aliphatic rings. The lowest BCUT2D eigenvalue weighted by atomic mass is 10.1. The number of anilines is 1. The molecule has 0 amide bonds. The second-order valence-electron chi connectivity index (χ2n) is 7.57. The van der Waals surface area contributed by atoms with Crippen LogP contribution in [-0.4, -0.2) is 45.7 Å². The van der Waals surface area contributed by atoms with Crippen molar-refractivity contribution in [2.24, 2.45) is 0 Å². The molecule has 4 aromatic rings. The molecule has 7 heteroatoms. The van der Waals surface area contributed by atoms with E-state index in [0.29, 0.717) is 11.1 Å². The zero-order valence-electron chi connectivity index (χ0n) is 16.8. The summed E-state index contributed by atoms with van der Waals surface area (Å²) in [6, 6.07) is 14.5. The van der Waals surface area contributed by atoms with E-state index in [1.807, 2.05) is 49.8 Å². The molecule has 3 aromatic heterocycles. The quantitative estimate of drug-likeness (QED) is 0.534. The number of rotatable bonds is 4. The Morgan fingerprint density at radius 3 is 2.50 bits per heavy atom. The highest BCUT2D eigenvalue weighted by Crippen LogP contribution is 2.29. The first-order chi connectivity index (χ1) is 14.7. The molecule has 0 unspecified atom stereocenters. The van der Waals surface area contributed by atoms with Gasteiger partial charge in [0.05, 0.1) is 17.2 Å². The molecule has 1 N–H and O–H groups in total. The van der Waals surface area contributed by atoms with E-state index in [1.54, 1.807) is 6.20 Å². The molecule has 1 saturated heterocycles. The van der Waals surface area contributed by atoms with E-state index in [4.69, 9.17) is 21.6 Å². The topological polar surface area (TPSA) is 58.9 Å². The second-order valence-corrected chi connectivity index (χ2v) is 8.00. The lowest BCUT2D eigenvalue weighted by Gasteiger charge is -2.32. The van der Waals surface area contributed by atoms with Crippen LogP contribution in [0.4, 0.5) is 5.82 Å². The lowest BCUT2D eigenvalue weighted by Crippen LogP contribution is -2.41. The third kappa shape index (κ3) is 3.53. The number of piperidine rings is 1. The Labute approximate surface area is 180 Å². The second kappa shape index (κ2) is 8.05. The van der Waals surface area contributed by atoms with Crippen LogP contribution in [-0.2, 0) is 0 Å². The van der Waals surface area contributed by atoms with Gasteiger partial charge in [-0.15, -0.1) is 0 Å². The van der Waals surface area contributed by atoms with Crippen molar-refractivity contribution < 1.29 is 0 Å². The van der Waals surface area contributed by atoms with Crippen molar-refractivity contribution in [3.8, 4) is 17.1 Å². The average molecular weight is 419 g/mol. The van der Waals surface area contributed by atoms with E-state index in [0.717, 1.165) is 59.9 Å². The summed E-state index contributed by atoms with van der Waals surface area (Å²) in [4.78, 5) is 16.3. The van der Waals surface area contributed by atoms with E-state index in [9.17, 15) is 0 Å². The van der Waals surface area contributed by atoms with Crippen LogP contribution in [0, 0.1) is 0 Å². The highest BCUT2D eigenvalue weighted by atomic mass is 35.5. The minimum Gasteiger partial charge on any atom is -0.357 e. The van der Waals surface area contributed by atoms with Gasteiger partial charge in [0.1, 0.15) is 11.6 Å². The van der Waals surface area contributed by atoms with Crippen molar-refractivity contribution in [2.45, 2.75) is 18.9 Å².